The number of rotatable bonds is 3. The van der Waals surface area contributed by atoms with Crippen molar-refractivity contribution in [2.75, 3.05) is 13.2 Å². The van der Waals surface area contributed by atoms with E-state index < -0.39 is 11.2 Å². The zero-order chi connectivity index (χ0) is 13.8. The van der Waals surface area contributed by atoms with Crippen molar-refractivity contribution in [1.29, 1.82) is 0 Å². The first-order chi connectivity index (χ1) is 9.06. The molecule has 1 amide bonds. The minimum Gasteiger partial charge on any atom is -0.381 e. The number of hydrogen-bond acceptors (Lipinski definition) is 4. The molecule has 0 spiro atoms. The van der Waals surface area contributed by atoms with E-state index in [9.17, 15) is 14.4 Å². The lowest BCUT2D eigenvalue weighted by molar-refractivity contribution is -0.123. The van der Waals surface area contributed by atoms with E-state index in [4.69, 9.17) is 4.74 Å². The van der Waals surface area contributed by atoms with Crippen molar-refractivity contribution in [3.8, 4) is 0 Å². The van der Waals surface area contributed by atoms with Crippen molar-refractivity contribution < 1.29 is 9.53 Å². The number of hydrogen-bond donors (Lipinski definition) is 2. The highest BCUT2D eigenvalue weighted by Crippen LogP contribution is 2.05. The molecule has 1 aromatic rings. The van der Waals surface area contributed by atoms with Crippen LogP contribution in [0.5, 0.6) is 0 Å². The van der Waals surface area contributed by atoms with Crippen LogP contribution in [0, 0.1) is 6.92 Å². The highest BCUT2D eigenvalue weighted by molar-refractivity contribution is 5.76. The van der Waals surface area contributed by atoms with Crippen LogP contribution >= 0.6 is 0 Å². The van der Waals surface area contributed by atoms with Gasteiger partial charge in [-0.1, -0.05) is 0 Å². The van der Waals surface area contributed by atoms with E-state index in [0.717, 1.165) is 12.8 Å². The minimum absolute atomic E-state index is 0.0895. The Morgan fingerprint density at radius 2 is 2.16 bits per heavy atom. The number of H-pyrrole nitrogens is 1. The van der Waals surface area contributed by atoms with Crippen molar-refractivity contribution in [1.82, 2.24) is 14.9 Å². The van der Waals surface area contributed by atoms with Crippen LogP contribution in [0.3, 0.4) is 0 Å². The largest absolute Gasteiger partial charge is 0.381 e. The highest BCUT2D eigenvalue weighted by Gasteiger charge is 2.16. The summed E-state index contributed by atoms with van der Waals surface area (Å²) in [5, 5.41) is 2.86. The van der Waals surface area contributed by atoms with Crippen molar-refractivity contribution >= 4 is 5.91 Å². The number of ether oxygens (including phenoxy) is 1. The third-order valence-corrected chi connectivity index (χ3v) is 3.09. The molecule has 1 aliphatic heterocycles. The molecule has 2 rings (SSSR count). The van der Waals surface area contributed by atoms with Gasteiger partial charge in [0.05, 0.1) is 0 Å². The van der Waals surface area contributed by atoms with Gasteiger partial charge in [-0.3, -0.25) is 19.1 Å². The predicted octanol–water partition coefficient (Wildman–Crippen LogP) is -0.860. The van der Waals surface area contributed by atoms with Gasteiger partial charge in [0.25, 0.3) is 5.56 Å². The molecule has 104 valence electrons. The number of aromatic amines is 1. The van der Waals surface area contributed by atoms with E-state index in [-0.39, 0.29) is 18.5 Å². The minimum atomic E-state index is -0.572. The van der Waals surface area contributed by atoms with Gasteiger partial charge in [0.2, 0.25) is 5.91 Å². The van der Waals surface area contributed by atoms with Crippen LogP contribution in [0.15, 0.2) is 15.8 Å². The Hall–Kier alpha value is -1.89. The molecule has 0 aliphatic carbocycles. The fourth-order valence-corrected chi connectivity index (χ4v) is 2.01. The van der Waals surface area contributed by atoms with E-state index in [1.54, 1.807) is 6.92 Å². The van der Waals surface area contributed by atoms with Crippen molar-refractivity contribution in [2.24, 2.45) is 0 Å². The molecule has 0 unspecified atom stereocenters. The summed E-state index contributed by atoms with van der Waals surface area (Å²) in [5.41, 5.74) is -0.595. The lowest BCUT2D eigenvalue weighted by Crippen LogP contribution is -2.42. The average Bonchev–Trinajstić information content (AvgIpc) is 2.37. The Bertz CT molecular complexity index is 569. The molecule has 1 fully saturated rings. The average molecular weight is 267 g/mol. The van der Waals surface area contributed by atoms with Gasteiger partial charge in [0, 0.05) is 31.0 Å². The molecule has 0 saturated carbocycles. The number of carbonyl (C=O) groups excluding carboxylic acids is 1. The molecule has 2 N–H and O–H groups in total. The second-order valence-electron chi connectivity index (χ2n) is 4.65. The summed E-state index contributed by atoms with van der Waals surface area (Å²) >= 11 is 0. The van der Waals surface area contributed by atoms with Crippen LogP contribution in [0.25, 0.3) is 0 Å². The van der Waals surface area contributed by atoms with Crippen LogP contribution in [-0.2, 0) is 16.1 Å². The van der Waals surface area contributed by atoms with Gasteiger partial charge >= 0.3 is 5.69 Å². The van der Waals surface area contributed by atoms with E-state index in [1.807, 2.05) is 0 Å². The molecular formula is C12H17N3O4. The molecule has 7 nitrogen and oxygen atoms in total. The monoisotopic (exact) mass is 267 g/mol. The number of carbonyl (C=O) groups is 1. The first-order valence-corrected chi connectivity index (χ1v) is 6.24. The molecule has 1 aliphatic rings. The van der Waals surface area contributed by atoms with Gasteiger partial charge in [-0.2, -0.15) is 0 Å². The Kier molecular flexibility index (Phi) is 4.16. The van der Waals surface area contributed by atoms with Crippen molar-refractivity contribution in [2.45, 2.75) is 32.4 Å². The van der Waals surface area contributed by atoms with Crippen LogP contribution in [-0.4, -0.2) is 34.7 Å². The summed E-state index contributed by atoms with van der Waals surface area (Å²) in [5.74, 6) is -0.236. The molecule has 1 aromatic heterocycles. The number of nitrogens with one attached hydrogen (secondary N) is 2. The summed E-state index contributed by atoms with van der Waals surface area (Å²) in [4.78, 5) is 36.7. The quantitative estimate of drug-likeness (QED) is 0.745. The molecule has 7 heteroatoms. The maximum atomic E-state index is 11.8. The summed E-state index contributed by atoms with van der Waals surface area (Å²) in [7, 11) is 0. The van der Waals surface area contributed by atoms with Gasteiger partial charge in [0.15, 0.2) is 0 Å². The van der Waals surface area contributed by atoms with Gasteiger partial charge in [-0.15, -0.1) is 0 Å². The lowest BCUT2D eigenvalue weighted by atomic mass is 10.1. The topological polar surface area (TPSA) is 93.2 Å². The Balaban J connectivity index is 2.00. The number of nitrogens with zero attached hydrogens (tertiary/aromatic N) is 1. The second-order valence-corrected chi connectivity index (χ2v) is 4.65. The maximum absolute atomic E-state index is 11.8. The number of aryl methyl sites for hydroxylation is 1. The third kappa shape index (κ3) is 3.54. The van der Waals surface area contributed by atoms with Gasteiger partial charge in [0.1, 0.15) is 6.54 Å². The zero-order valence-electron chi connectivity index (χ0n) is 10.8. The van der Waals surface area contributed by atoms with E-state index in [0.29, 0.717) is 18.8 Å². The van der Waals surface area contributed by atoms with Gasteiger partial charge in [-0.25, -0.2) is 4.79 Å². The maximum Gasteiger partial charge on any atom is 0.328 e. The van der Waals surface area contributed by atoms with Crippen LogP contribution in [0.4, 0.5) is 0 Å². The predicted molar refractivity (Wildman–Crippen MR) is 68.0 cm³/mol. The summed E-state index contributed by atoms with van der Waals surface area (Å²) in [6.07, 6.45) is 2.96. The SMILES string of the molecule is Cc1cn(CC(=O)NC2CCOCC2)c(=O)[nH]c1=O. The zero-order valence-corrected chi connectivity index (χ0v) is 10.8. The molecular weight excluding hydrogens is 250 g/mol. The van der Waals surface area contributed by atoms with Crippen LogP contribution in [0.2, 0.25) is 0 Å². The fourth-order valence-electron chi connectivity index (χ4n) is 2.01. The van der Waals surface area contributed by atoms with Crippen molar-refractivity contribution in [3.05, 3.63) is 32.6 Å². The normalized spacial score (nSPS) is 16.3. The van der Waals surface area contributed by atoms with E-state index in [1.165, 1.54) is 10.8 Å². The standard InChI is InChI=1S/C12H17N3O4/c1-8-6-15(12(18)14-11(8)17)7-10(16)13-9-2-4-19-5-3-9/h6,9H,2-5,7H2,1H3,(H,13,16)(H,14,17,18). The van der Waals surface area contributed by atoms with Gasteiger partial charge < -0.3 is 10.1 Å². The van der Waals surface area contributed by atoms with Crippen LogP contribution in [0.1, 0.15) is 18.4 Å². The molecule has 1 saturated heterocycles. The van der Waals surface area contributed by atoms with Gasteiger partial charge in [-0.05, 0) is 19.8 Å². The number of amides is 1. The molecule has 0 atom stereocenters. The second kappa shape index (κ2) is 5.83. The first kappa shape index (κ1) is 13.5. The Morgan fingerprint density at radius 1 is 1.47 bits per heavy atom. The molecule has 0 bridgehead atoms. The summed E-state index contributed by atoms with van der Waals surface area (Å²) in [6.45, 7) is 2.78. The fraction of sp³-hybridized carbons (Fsp3) is 0.583. The van der Waals surface area contributed by atoms with E-state index in [2.05, 4.69) is 10.3 Å². The lowest BCUT2D eigenvalue weighted by Gasteiger charge is -2.23. The number of aromatic nitrogens is 2. The third-order valence-electron chi connectivity index (χ3n) is 3.09. The molecule has 0 radical (unpaired) electrons. The van der Waals surface area contributed by atoms with E-state index >= 15 is 0 Å². The summed E-state index contributed by atoms with van der Waals surface area (Å²) < 4.78 is 6.40. The Morgan fingerprint density at radius 3 is 2.84 bits per heavy atom. The molecule has 2 heterocycles. The molecule has 19 heavy (non-hydrogen) atoms. The van der Waals surface area contributed by atoms with Crippen molar-refractivity contribution in [3.63, 3.8) is 0 Å². The first-order valence-electron chi connectivity index (χ1n) is 6.24. The van der Waals surface area contributed by atoms with Crippen LogP contribution < -0.4 is 16.6 Å². The molecule has 0 aromatic carbocycles. The smallest absolute Gasteiger partial charge is 0.328 e. The highest BCUT2D eigenvalue weighted by atomic mass is 16.5. The summed E-state index contributed by atoms with van der Waals surface area (Å²) in [6, 6.07) is 0.0980. The Labute approximate surface area is 109 Å².